The van der Waals surface area contributed by atoms with Crippen LogP contribution < -0.4 is 5.32 Å². The molecule has 0 fully saturated rings. The number of nitrogens with one attached hydrogen (secondary N) is 1. The van der Waals surface area contributed by atoms with Crippen molar-refractivity contribution in [1.29, 1.82) is 0 Å². The highest BCUT2D eigenvalue weighted by molar-refractivity contribution is 5.64. The van der Waals surface area contributed by atoms with Gasteiger partial charge in [-0.1, -0.05) is 0 Å². The smallest absolute Gasteiger partial charge is 0.404 e. The van der Waals surface area contributed by atoms with Crippen LogP contribution >= 0.6 is 0 Å². The molecule has 0 aliphatic heterocycles. The minimum atomic E-state index is -1.14. The van der Waals surface area contributed by atoms with Crippen molar-refractivity contribution >= 4 is 6.09 Å². The molecule has 0 atom stereocenters. The fourth-order valence-corrected chi connectivity index (χ4v) is 1.32. The van der Waals surface area contributed by atoms with Crippen molar-refractivity contribution in [1.82, 2.24) is 5.32 Å². The first kappa shape index (κ1) is 15.2. The zero-order valence-electron chi connectivity index (χ0n) is 10.1. The lowest BCUT2D eigenvalue weighted by Gasteiger charge is -2.32. The Bertz CT molecular complexity index is 181. The average Bonchev–Trinajstić information content (AvgIpc) is 2.18. The van der Waals surface area contributed by atoms with Gasteiger partial charge in [-0.15, -0.1) is 0 Å². The molecule has 0 saturated carbocycles. The van der Waals surface area contributed by atoms with Crippen LogP contribution in [0.15, 0.2) is 0 Å². The molecule has 0 aliphatic carbocycles. The Morgan fingerprint density at radius 2 is 1.56 bits per heavy atom. The first-order valence-corrected chi connectivity index (χ1v) is 5.48. The molecule has 0 aromatic carbocycles. The Morgan fingerprint density at radius 3 is 1.88 bits per heavy atom. The van der Waals surface area contributed by atoms with E-state index in [0.29, 0.717) is 26.2 Å². The topological polar surface area (TPSA) is 77.0 Å². The lowest BCUT2D eigenvalue weighted by Crippen LogP contribution is -2.42. The molecule has 96 valence electrons. The largest absolute Gasteiger partial charge is 0.465 e. The monoisotopic (exact) mass is 235 g/mol. The summed E-state index contributed by atoms with van der Waals surface area (Å²) in [6.45, 7) is 7.02. The fraction of sp³-hybridized carbons (Fsp3) is 0.900. The van der Waals surface area contributed by atoms with Crippen molar-refractivity contribution in [3.8, 4) is 0 Å². The van der Waals surface area contributed by atoms with Gasteiger partial charge in [-0.05, 0) is 20.8 Å². The summed E-state index contributed by atoms with van der Waals surface area (Å²) in [5, 5.41) is 10.7. The third-order valence-corrected chi connectivity index (χ3v) is 1.80. The Balaban J connectivity index is 4.28. The van der Waals surface area contributed by atoms with Crippen molar-refractivity contribution in [2.45, 2.75) is 33.2 Å². The number of amides is 1. The Labute approximate surface area is 95.9 Å². The van der Waals surface area contributed by atoms with Crippen molar-refractivity contribution in [3.05, 3.63) is 0 Å². The normalized spacial score (nSPS) is 11.4. The summed E-state index contributed by atoms with van der Waals surface area (Å²) in [5.41, 5.74) is 0. The van der Waals surface area contributed by atoms with Crippen LogP contribution in [-0.2, 0) is 14.2 Å². The van der Waals surface area contributed by atoms with Gasteiger partial charge in [-0.2, -0.15) is 0 Å². The summed E-state index contributed by atoms with van der Waals surface area (Å²) in [6, 6.07) is 0. The van der Waals surface area contributed by atoms with Gasteiger partial charge >= 0.3 is 6.09 Å². The first-order chi connectivity index (χ1) is 7.60. The molecule has 2 N–H and O–H groups in total. The summed E-state index contributed by atoms with van der Waals surface area (Å²) in [5.74, 6) is -1.14. The van der Waals surface area contributed by atoms with Crippen LogP contribution in [0.4, 0.5) is 4.79 Å². The van der Waals surface area contributed by atoms with E-state index in [0.717, 1.165) is 0 Å². The third kappa shape index (κ3) is 5.89. The molecule has 0 heterocycles. The molecule has 0 bridgehead atoms. The van der Waals surface area contributed by atoms with Crippen LogP contribution in [0.3, 0.4) is 0 Å². The number of hydrogen-bond acceptors (Lipinski definition) is 4. The van der Waals surface area contributed by atoms with E-state index in [1.165, 1.54) is 0 Å². The molecule has 16 heavy (non-hydrogen) atoms. The van der Waals surface area contributed by atoms with Crippen LogP contribution in [0.25, 0.3) is 0 Å². The predicted octanol–water partition coefficient (Wildman–Crippen LogP) is 1.41. The van der Waals surface area contributed by atoms with Crippen LogP contribution in [0.5, 0.6) is 0 Å². The number of carboxylic acid groups (broad SMARTS) is 1. The van der Waals surface area contributed by atoms with E-state index in [1.807, 2.05) is 20.8 Å². The minimum Gasteiger partial charge on any atom is -0.465 e. The van der Waals surface area contributed by atoms with Gasteiger partial charge in [-0.25, -0.2) is 4.79 Å². The van der Waals surface area contributed by atoms with E-state index >= 15 is 0 Å². The van der Waals surface area contributed by atoms with Crippen molar-refractivity contribution in [2.75, 3.05) is 26.4 Å². The Kier molecular flexibility index (Phi) is 7.88. The van der Waals surface area contributed by atoms with E-state index in [4.69, 9.17) is 19.3 Å². The highest BCUT2D eigenvalue weighted by atomic mass is 16.9. The summed E-state index contributed by atoms with van der Waals surface area (Å²) in [6.07, 6.45) is -0.757. The average molecular weight is 235 g/mol. The van der Waals surface area contributed by atoms with Crippen molar-refractivity contribution < 1.29 is 24.1 Å². The highest BCUT2D eigenvalue weighted by Gasteiger charge is 2.32. The lowest BCUT2D eigenvalue weighted by atomic mass is 10.3. The van der Waals surface area contributed by atoms with E-state index in [9.17, 15) is 4.79 Å². The summed E-state index contributed by atoms with van der Waals surface area (Å²) in [7, 11) is 0. The quantitative estimate of drug-likeness (QED) is 0.591. The fourth-order valence-electron chi connectivity index (χ4n) is 1.32. The molecule has 0 saturated heterocycles. The maximum Gasteiger partial charge on any atom is 0.404 e. The zero-order valence-corrected chi connectivity index (χ0v) is 10.1. The van der Waals surface area contributed by atoms with E-state index in [2.05, 4.69) is 5.32 Å². The molecule has 0 aromatic heterocycles. The maximum absolute atomic E-state index is 10.3. The SMILES string of the molecule is CCOC(CCNC(=O)O)(OCC)OCC. The Hall–Kier alpha value is -0.850. The molecule has 0 radical (unpaired) electrons. The van der Waals surface area contributed by atoms with E-state index < -0.39 is 12.1 Å². The second-order valence-electron chi connectivity index (χ2n) is 2.96. The van der Waals surface area contributed by atoms with Gasteiger partial charge < -0.3 is 24.6 Å². The summed E-state index contributed by atoms with van der Waals surface area (Å²) < 4.78 is 16.2. The van der Waals surface area contributed by atoms with Gasteiger partial charge in [-0.3, -0.25) is 0 Å². The Morgan fingerprint density at radius 1 is 1.12 bits per heavy atom. The van der Waals surface area contributed by atoms with Gasteiger partial charge in [0.1, 0.15) is 0 Å². The van der Waals surface area contributed by atoms with Gasteiger partial charge in [0.25, 0.3) is 5.97 Å². The van der Waals surface area contributed by atoms with Crippen molar-refractivity contribution in [2.24, 2.45) is 0 Å². The molecule has 0 aromatic rings. The molecule has 0 spiro atoms. The molecule has 0 aliphatic rings. The maximum atomic E-state index is 10.3. The molecule has 0 rings (SSSR count). The molecular formula is C10H21NO5. The molecule has 6 heteroatoms. The van der Waals surface area contributed by atoms with Gasteiger partial charge in [0, 0.05) is 32.8 Å². The predicted molar refractivity (Wildman–Crippen MR) is 58.3 cm³/mol. The number of rotatable bonds is 9. The standard InChI is InChI=1S/C10H21NO5/c1-4-14-10(15-5-2,16-6-3)7-8-11-9(12)13/h11H,4-8H2,1-3H3,(H,12,13). The summed E-state index contributed by atoms with van der Waals surface area (Å²) in [4.78, 5) is 10.3. The van der Waals surface area contributed by atoms with Crippen LogP contribution in [0.1, 0.15) is 27.2 Å². The molecule has 1 amide bonds. The molecule has 0 unspecified atom stereocenters. The number of ether oxygens (including phenoxy) is 3. The molecule has 6 nitrogen and oxygen atoms in total. The lowest BCUT2D eigenvalue weighted by molar-refractivity contribution is -0.378. The van der Waals surface area contributed by atoms with E-state index in [1.54, 1.807) is 0 Å². The van der Waals surface area contributed by atoms with Crippen molar-refractivity contribution in [3.63, 3.8) is 0 Å². The van der Waals surface area contributed by atoms with Gasteiger partial charge in [0.15, 0.2) is 0 Å². The van der Waals surface area contributed by atoms with Gasteiger partial charge in [0.2, 0.25) is 0 Å². The zero-order chi connectivity index (χ0) is 12.4. The van der Waals surface area contributed by atoms with E-state index in [-0.39, 0.29) is 6.54 Å². The number of hydrogen-bond donors (Lipinski definition) is 2. The second-order valence-corrected chi connectivity index (χ2v) is 2.96. The third-order valence-electron chi connectivity index (χ3n) is 1.80. The summed E-state index contributed by atoms with van der Waals surface area (Å²) >= 11 is 0. The highest BCUT2D eigenvalue weighted by Crippen LogP contribution is 2.19. The second kappa shape index (κ2) is 8.32. The van der Waals surface area contributed by atoms with Gasteiger partial charge in [0.05, 0.1) is 0 Å². The van der Waals surface area contributed by atoms with Crippen LogP contribution in [0, 0.1) is 0 Å². The minimum absolute atomic E-state index is 0.218. The molecular weight excluding hydrogens is 214 g/mol. The number of carbonyl (C=O) groups is 1. The van der Waals surface area contributed by atoms with Crippen LogP contribution in [-0.4, -0.2) is 43.5 Å². The van der Waals surface area contributed by atoms with Crippen LogP contribution in [0.2, 0.25) is 0 Å². The first-order valence-electron chi connectivity index (χ1n) is 5.48.